The largest absolute Gasteiger partial charge is 0.339 e. The number of aromatic nitrogens is 2. The molecule has 2 N–H and O–H groups in total. The van der Waals surface area contributed by atoms with Gasteiger partial charge in [0, 0.05) is 17.1 Å². The molecule has 0 aliphatic carbocycles. The fraction of sp³-hybridized carbons (Fsp3) is 0.222. The first-order chi connectivity index (χ1) is 12.9. The van der Waals surface area contributed by atoms with Crippen LogP contribution in [-0.4, -0.2) is 27.2 Å². The van der Waals surface area contributed by atoms with Crippen molar-refractivity contribution in [3.8, 4) is 11.4 Å². The Morgan fingerprint density at radius 1 is 1.15 bits per heavy atom. The maximum Gasteiger partial charge on any atom is 0.262 e. The molecule has 0 saturated carbocycles. The van der Waals surface area contributed by atoms with Crippen molar-refractivity contribution in [1.29, 1.82) is 0 Å². The monoisotopic (exact) mass is 404 g/mol. The molecule has 2 aromatic heterocycles. The number of benzene rings is 1. The molecule has 1 unspecified atom stereocenters. The molecule has 6 nitrogen and oxygen atoms in total. The van der Waals surface area contributed by atoms with E-state index in [1.165, 1.54) is 23.5 Å². The fourth-order valence-electron chi connectivity index (χ4n) is 2.33. The predicted octanol–water partition coefficient (Wildman–Crippen LogP) is 3.80. The molecule has 0 saturated heterocycles. The standard InChI is InChI=1S/C18H17FN4O2S2/c1-10(2)14(20-16(24)13-4-3-9-26-13)17(25)22-18-21-15(23-27-18)11-5-7-12(19)8-6-11/h3-10,14H,1-2H3,(H,20,24)(H,21,22,23,25). The van der Waals surface area contributed by atoms with E-state index < -0.39 is 6.04 Å². The Labute approximate surface area is 163 Å². The third-order valence-corrected chi connectivity index (χ3v) is 5.24. The van der Waals surface area contributed by atoms with E-state index in [0.29, 0.717) is 21.4 Å². The van der Waals surface area contributed by atoms with Gasteiger partial charge in [-0.25, -0.2) is 4.39 Å². The van der Waals surface area contributed by atoms with Crippen LogP contribution in [0.1, 0.15) is 23.5 Å². The molecule has 1 atom stereocenters. The van der Waals surface area contributed by atoms with E-state index in [-0.39, 0.29) is 23.5 Å². The second-order valence-corrected chi connectivity index (χ2v) is 7.79. The van der Waals surface area contributed by atoms with Gasteiger partial charge in [0.05, 0.1) is 4.88 Å². The summed E-state index contributed by atoms with van der Waals surface area (Å²) in [5.41, 5.74) is 0.652. The number of thiophene rings is 1. The maximum atomic E-state index is 13.0. The van der Waals surface area contributed by atoms with Crippen LogP contribution in [-0.2, 0) is 4.79 Å². The lowest BCUT2D eigenvalue weighted by molar-refractivity contribution is -0.118. The number of nitrogens with zero attached hydrogens (tertiary/aromatic N) is 2. The molecule has 0 spiro atoms. The Balaban J connectivity index is 1.69. The van der Waals surface area contributed by atoms with Crippen molar-refractivity contribution in [2.75, 3.05) is 5.32 Å². The SMILES string of the molecule is CC(C)C(NC(=O)c1cccs1)C(=O)Nc1nc(-c2ccc(F)cc2)ns1. The van der Waals surface area contributed by atoms with Gasteiger partial charge in [0.1, 0.15) is 11.9 Å². The molecule has 9 heteroatoms. The first-order valence-electron chi connectivity index (χ1n) is 8.19. The molecular weight excluding hydrogens is 387 g/mol. The van der Waals surface area contributed by atoms with Gasteiger partial charge >= 0.3 is 0 Å². The predicted molar refractivity (Wildman–Crippen MR) is 104 cm³/mol. The van der Waals surface area contributed by atoms with Crippen LogP contribution in [0.2, 0.25) is 0 Å². The molecular formula is C18H17FN4O2S2. The second kappa shape index (κ2) is 8.36. The van der Waals surface area contributed by atoms with Crippen molar-refractivity contribution in [3.63, 3.8) is 0 Å². The van der Waals surface area contributed by atoms with E-state index in [0.717, 1.165) is 11.5 Å². The normalized spacial score (nSPS) is 12.0. The molecule has 0 aliphatic rings. The average molecular weight is 404 g/mol. The number of carbonyl (C=O) groups excluding carboxylic acids is 2. The summed E-state index contributed by atoms with van der Waals surface area (Å²) in [5, 5.41) is 7.57. The van der Waals surface area contributed by atoms with Crippen molar-refractivity contribution in [2.24, 2.45) is 5.92 Å². The minimum absolute atomic E-state index is 0.113. The molecule has 3 aromatic rings. The zero-order valence-electron chi connectivity index (χ0n) is 14.6. The molecule has 0 bridgehead atoms. The Morgan fingerprint density at radius 3 is 2.52 bits per heavy atom. The van der Waals surface area contributed by atoms with Gasteiger partial charge in [0.15, 0.2) is 5.82 Å². The number of hydrogen-bond acceptors (Lipinski definition) is 6. The smallest absolute Gasteiger partial charge is 0.262 e. The molecule has 140 valence electrons. The highest BCUT2D eigenvalue weighted by Gasteiger charge is 2.26. The first-order valence-corrected chi connectivity index (χ1v) is 9.84. The fourth-order valence-corrected chi connectivity index (χ4v) is 3.55. The van der Waals surface area contributed by atoms with Crippen LogP contribution in [0.4, 0.5) is 9.52 Å². The van der Waals surface area contributed by atoms with Gasteiger partial charge in [-0.3, -0.25) is 14.9 Å². The highest BCUT2D eigenvalue weighted by atomic mass is 32.1. The van der Waals surface area contributed by atoms with Crippen LogP contribution in [0.3, 0.4) is 0 Å². The van der Waals surface area contributed by atoms with E-state index in [9.17, 15) is 14.0 Å². The minimum Gasteiger partial charge on any atom is -0.339 e. The summed E-state index contributed by atoms with van der Waals surface area (Å²) in [4.78, 5) is 29.7. The van der Waals surface area contributed by atoms with Crippen LogP contribution in [0.25, 0.3) is 11.4 Å². The Kier molecular flexibility index (Phi) is 5.92. The highest BCUT2D eigenvalue weighted by Crippen LogP contribution is 2.22. The molecule has 27 heavy (non-hydrogen) atoms. The minimum atomic E-state index is -0.710. The zero-order valence-corrected chi connectivity index (χ0v) is 16.2. The van der Waals surface area contributed by atoms with E-state index in [4.69, 9.17) is 0 Å². The Bertz CT molecular complexity index is 923. The number of amides is 2. The van der Waals surface area contributed by atoms with Crippen LogP contribution in [0, 0.1) is 11.7 Å². The van der Waals surface area contributed by atoms with Crippen LogP contribution >= 0.6 is 22.9 Å². The first kappa shape index (κ1) is 19.1. The second-order valence-electron chi connectivity index (χ2n) is 6.09. The summed E-state index contributed by atoms with van der Waals surface area (Å²) in [6.07, 6.45) is 0. The quantitative estimate of drug-likeness (QED) is 0.655. The summed E-state index contributed by atoms with van der Waals surface area (Å²) in [6.45, 7) is 3.70. The molecule has 2 amide bonds. The van der Waals surface area contributed by atoms with Crippen molar-refractivity contribution < 1.29 is 14.0 Å². The lowest BCUT2D eigenvalue weighted by atomic mass is 10.0. The topological polar surface area (TPSA) is 84.0 Å². The van der Waals surface area contributed by atoms with Crippen molar-refractivity contribution in [1.82, 2.24) is 14.7 Å². The average Bonchev–Trinajstić information content (AvgIpc) is 3.31. The number of anilines is 1. The molecule has 0 radical (unpaired) electrons. The molecule has 1 aromatic carbocycles. The van der Waals surface area contributed by atoms with Crippen LogP contribution in [0.15, 0.2) is 41.8 Å². The summed E-state index contributed by atoms with van der Waals surface area (Å²) in [5.74, 6) is -0.707. The summed E-state index contributed by atoms with van der Waals surface area (Å²) in [7, 11) is 0. The number of halogens is 1. The van der Waals surface area contributed by atoms with E-state index in [2.05, 4.69) is 20.0 Å². The van der Waals surface area contributed by atoms with Crippen LogP contribution in [0.5, 0.6) is 0 Å². The molecule has 3 rings (SSSR count). The Hall–Kier alpha value is -2.65. The van der Waals surface area contributed by atoms with Gasteiger partial charge in [-0.1, -0.05) is 19.9 Å². The van der Waals surface area contributed by atoms with Gasteiger partial charge in [-0.2, -0.15) is 9.36 Å². The molecule has 2 heterocycles. The lowest BCUT2D eigenvalue weighted by Crippen LogP contribution is -2.46. The highest BCUT2D eigenvalue weighted by molar-refractivity contribution is 7.12. The maximum absolute atomic E-state index is 13.0. The number of nitrogens with one attached hydrogen (secondary N) is 2. The number of rotatable bonds is 6. The third kappa shape index (κ3) is 4.75. The van der Waals surface area contributed by atoms with Gasteiger partial charge in [-0.15, -0.1) is 11.3 Å². The lowest BCUT2D eigenvalue weighted by Gasteiger charge is -2.20. The summed E-state index contributed by atoms with van der Waals surface area (Å²) in [6, 6.07) is 8.56. The van der Waals surface area contributed by atoms with Gasteiger partial charge < -0.3 is 5.32 Å². The molecule has 0 fully saturated rings. The van der Waals surface area contributed by atoms with Gasteiger partial charge in [0.25, 0.3) is 5.91 Å². The van der Waals surface area contributed by atoms with Gasteiger partial charge in [-0.05, 0) is 41.6 Å². The molecule has 0 aliphatic heterocycles. The Morgan fingerprint density at radius 2 is 1.89 bits per heavy atom. The van der Waals surface area contributed by atoms with Crippen molar-refractivity contribution in [2.45, 2.75) is 19.9 Å². The van der Waals surface area contributed by atoms with Crippen molar-refractivity contribution in [3.05, 3.63) is 52.5 Å². The van der Waals surface area contributed by atoms with E-state index in [1.807, 2.05) is 13.8 Å². The summed E-state index contributed by atoms with van der Waals surface area (Å²) >= 11 is 2.34. The van der Waals surface area contributed by atoms with E-state index >= 15 is 0 Å². The summed E-state index contributed by atoms with van der Waals surface area (Å²) < 4.78 is 17.2. The number of carbonyl (C=O) groups is 2. The van der Waals surface area contributed by atoms with Crippen LogP contribution < -0.4 is 10.6 Å². The van der Waals surface area contributed by atoms with Crippen molar-refractivity contribution >= 4 is 39.8 Å². The number of hydrogen-bond donors (Lipinski definition) is 2. The third-order valence-electron chi connectivity index (χ3n) is 3.74. The van der Waals surface area contributed by atoms with Gasteiger partial charge in [0.2, 0.25) is 11.0 Å². The van der Waals surface area contributed by atoms with E-state index in [1.54, 1.807) is 29.6 Å². The zero-order chi connectivity index (χ0) is 19.4.